The van der Waals surface area contributed by atoms with E-state index < -0.39 is 11.8 Å². The molecule has 9 N–H and O–H groups in total. The molecule has 0 bridgehead atoms. The SMILES string of the molecule is Cl.NC(=O)c1ncc(N2CCC[C@@H](N)C2)nc1Nc1ccc(C2CCN(C3CCCC3)CC2)cc1.NC(=O)c1ncc(N2CCC[C@@H](NC(=O)N3Cc4ccccc4C3)C2)nc1Nc1ccc(C2CCN(C3CCCC3)CC2)cc1. The van der Waals surface area contributed by atoms with Crippen LogP contribution >= 0.6 is 12.4 Å². The molecule has 0 spiro atoms. The molecule has 4 saturated heterocycles. The molecule has 7 heterocycles. The van der Waals surface area contributed by atoms with Crippen molar-refractivity contribution in [1.29, 1.82) is 0 Å². The Morgan fingerprint density at radius 2 is 0.950 bits per heavy atom. The molecule has 7 aliphatic rings. The third-order valence-corrected chi connectivity index (χ3v) is 18.0. The van der Waals surface area contributed by atoms with Crippen LogP contribution in [0, 0.1) is 0 Å². The van der Waals surface area contributed by atoms with Gasteiger partial charge in [0.05, 0.1) is 12.4 Å². The second-order valence-corrected chi connectivity index (χ2v) is 23.3. The average Bonchev–Trinajstić information content (AvgIpc) is 4.31. The van der Waals surface area contributed by atoms with Gasteiger partial charge >= 0.3 is 6.03 Å². The quantitative estimate of drug-likeness (QED) is 0.0647. The first-order valence-corrected chi connectivity index (χ1v) is 29.5. The monoisotopic (exact) mass is 1110 g/mol. The van der Waals surface area contributed by atoms with Gasteiger partial charge in [-0.2, -0.15) is 0 Å². The maximum atomic E-state index is 13.1. The van der Waals surface area contributed by atoms with Crippen LogP contribution in [0.4, 0.5) is 39.4 Å². The zero-order chi connectivity index (χ0) is 54.2. The number of hydrogen-bond acceptors (Lipinski definition) is 14. The van der Waals surface area contributed by atoms with Crippen LogP contribution < -0.4 is 43.0 Å². The highest BCUT2D eigenvalue weighted by Gasteiger charge is 2.32. The zero-order valence-electron chi connectivity index (χ0n) is 46.3. The van der Waals surface area contributed by atoms with Crippen molar-refractivity contribution in [3.05, 3.63) is 119 Å². The van der Waals surface area contributed by atoms with E-state index in [2.05, 4.69) is 106 Å². The Bertz CT molecular complexity index is 2860. The molecule has 2 aliphatic carbocycles. The molecule has 0 unspecified atom stereocenters. The molecular formula is C61H82ClN15O3. The van der Waals surface area contributed by atoms with Gasteiger partial charge in [0.15, 0.2) is 23.0 Å². The van der Waals surface area contributed by atoms with Crippen molar-refractivity contribution in [1.82, 2.24) is 40.0 Å². The number of carbonyl (C=O) groups is 3. The maximum absolute atomic E-state index is 13.1. The van der Waals surface area contributed by atoms with E-state index in [1.807, 2.05) is 17.0 Å². The lowest BCUT2D eigenvalue weighted by molar-refractivity contribution is 0.0987. The van der Waals surface area contributed by atoms with E-state index in [4.69, 9.17) is 27.2 Å². The van der Waals surface area contributed by atoms with Gasteiger partial charge in [0.2, 0.25) is 0 Å². The maximum Gasteiger partial charge on any atom is 0.318 e. The third kappa shape index (κ3) is 13.8. The number of carbonyl (C=O) groups excluding carboxylic acids is 3. The van der Waals surface area contributed by atoms with Crippen LogP contribution in [0.1, 0.15) is 158 Å². The Morgan fingerprint density at radius 3 is 1.39 bits per heavy atom. The summed E-state index contributed by atoms with van der Waals surface area (Å²) in [4.78, 5) is 67.1. The topological polar surface area (TPSA) is 233 Å². The Labute approximate surface area is 477 Å². The standard InChI is InChI=1S/C35H44N8O2.C26H37N7O.ClH/c36-33(44)32-34(38-28-13-11-24(12-14-28)25-15-18-41(19-16-25)30-9-3-4-10-30)40-31(20-37-32)42-17-5-8-29(23-42)39-35(45)43-21-26-6-1-2-7-27(26)22-43;27-20-4-3-13-33(17-20)23-16-29-24(25(28)34)26(31-23)30-21-9-7-18(8-10-21)19-11-14-32(15-12-19)22-5-1-2-6-22;/h1-2,6-7,11-14,20,25,29-30H,3-5,8-10,15-19,21-23H2,(H2,36,44)(H,38,40)(H,39,45);7-10,16,19-20,22H,1-6,11-15,17,27H2,(H2,28,34)(H,30,31);1H/t29-;20-;/m11./s1. The smallest absolute Gasteiger partial charge is 0.318 e. The molecule has 6 fully saturated rings. The molecule has 0 radical (unpaired) electrons. The summed E-state index contributed by atoms with van der Waals surface area (Å²) in [5, 5.41) is 9.82. The lowest BCUT2D eigenvalue weighted by Crippen LogP contribution is -2.51. The third-order valence-electron chi connectivity index (χ3n) is 18.0. The van der Waals surface area contributed by atoms with E-state index in [0.29, 0.717) is 54.7 Å². The number of hydrogen-bond donors (Lipinski definition) is 6. The summed E-state index contributed by atoms with van der Waals surface area (Å²) in [5.41, 5.74) is 24.5. The van der Waals surface area contributed by atoms with Gasteiger partial charge in [-0.15, -0.1) is 12.4 Å². The van der Waals surface area contributed by atoms with Gasteiger partial charge in [-0.25, -0.2) is 24.7 Å². The number of piperidine rings is 4. The number of likely N-dealkylation sites (tertiary alicyclic amines) is 2. The number of rotatable bonds is 13. The highest BCUT2D eigenvalue weighted by atomic mass is 35.5. The van der Waals surface area contributed by atoms with Crippen molar-refractivity contribution in [3.63, 3.8) is 0 Å². The molecule has 3 aromatic carbocycles. The number of halogens is 1. The number of urea groups is 1. The number of anilines is 6. The van der Waals surface area contributed by atoms with E-state index in [9.17, 15) is 14.4 Å². The molecule has 2 atom stereocenters. The Kier molecular flexibility index (Phi) is 18.6. The first kappa shape index (κ1) is 56.7. The number of nitrogens with zero attached hydrogens (tertiary/aromatic N) is 9. The second kappa shape index (κ2) is 26.3. The number of nitrogens with one attached hydrogen (secondary N) is 3. The summed E-state index contributed by atoms with van der Waals surface area (Å²) >= 11 is 0. The van der Waals surface area contributed by atoms with E-state index in [1.54, 1.807) is 12.4 Å². The number of nitrogens with two attached hydrogens (primary N) is 3. The molecule has 426 valence electrons. The molecule has 12 rings (SSSR count). The summed E-state index contributed by atoms with van der Waals surface area (Å²) in [6, 6.07) is 26.9. The summed E-state index contributed by atoms with van der Waals surface area (Å²) in [5.74, 6) is 2.07. The minimum Gasteiger partial charge on any atom is -0.364 e. The summed E-state index contributed by atoms with van der Waals surface area (Å²) in [6.07, 6.45) is 23.0. The first-order chi connectivity index (χ1) is 38.6. The van der Waals surface area contributed by atoms with E-state index in [1.165, 1.54) is 125 Å². The first-order valence-electron chi connectivity index (χ1n) is 29.5. The van der Waals surface area contributed by atoms with Gasteiger partial charge in [-0.05, 0) is 162 Å². The van der Waals surface area contributed by atoms with Gasteiger partial charge in [-0.3, -0.25) is 9.59 Å². The van der Waals surface area contributed by atoms with Gasteiger partial charge in [0, 0.05) is 74.8 Å². The minimum atomic E-state index is -0.627. The van der Waals surface area contributed by atoms with E-state index in [-0.39, 0.29) is 41.9 Å². The van der Waals surface area contributed by atoms with E-state index >= 15 is 0 Å². The Hall–Kier alpha value is -6.60. The fourth-order valence-electron chi connectivity index (χ4n) is 13.5. The number of fused-ring (bicyclic) bond motifs is 1. The molecule has 5 aliphatic heterocycles. The van der Waals surface area contributed by atoms with Crippen LogP contribution in [0.5, 0.6) is 0 Å². The van der Waals surface area contributed by atoms with Crippen molar-refractivity contribution in [2.75, 3.05) is 72.8 Å². The van der Waals surface area contributed by atoms with Crippen molar-refractivity contribution < 1.29 is 14.4 Å². The van der Waals surface area contributed by atoms with Crippen molar-refractivity contribution in [2.45, 2.75) is 152 Å². The average molecular weight is 1110 g/mol. The predicted octanol–water partition coefficient (Wildman–Crippen LogP) is 8.93. The van der Waals surface area contributed by atoms with Crippen LogP contribution in [-0.2, 0) is 13.1 Å². The molecule has 18 nitrogen and oxygen atoms in total. The number of aromatic nitrogens is 4. The molecule has 5 aromatic rings. The van der Waals surface area contributed by atoms with Gasteiger partial charge in [-0.1, -0.05) is 74.2 Å². The number of primary amides is 2. The van der Waals surface area contributed by atoms with Crippen LogP contribution in [-0.4, -0.2) is 129 Å². The fourth-order valence-corrected chi connectivity index (χ4v) is 13.5. The molecule has 19 heteroatoms. The highest BCUT2D eigenvalue weighted by molar-refractivity contribution is 5.97. The number of benzene rings is 3. The molecule has 2 saturated carbocycles. The van der Waals surface area contributed by atoms with Gasteiger partial charge < -0.3 is 57.7 Å². The largest absolute Gasteiger partial charge is 0.364 e. The van der Waals surface area contributed by atoms with E-state index in [0.717, 1.165) is 68.8 Å². The summed E-state index contributed by atoms with van der Waals surface area (Å²) in [6.45, 7) is 9.08. The zero-order valence-corrected chi connectivity index (χ0v) is 47.1. The normalized spacial score (nSPS) is 21.5. The molecule has 2 aromatic heterocycles. The fraction of sp³-hybridized carbons (Fsp3) is 0.525. The van der Waals surface area contributed by atoms with Crippen molar-refractivity contribution in [2.24, 2.45) is 17.2 Å². The lowest BCUT2D eigenvalue weighted by Gasteiger charge is -2.36. The Balaban J connectivity index is 0.000000185. The summed E-state index contributed by atoms with van der Waals surface area (Å²) < 4.78 is 0. The van der Waals surface area contributed by atoms with Crippen molar-refractivity contribution >= 4 is 64.9 Å². The van der Waals surface area contributed by atoms with Crippen LogP contribution in [0.2, 0.25) is 0 Å². The molecule has 80 heavy (non-hydrogen) atoms. The van der Waals surface area contributed by atoms with Crippen molar-refractivity contribution in [3.8, 4) is 0 Å². The minimum absolute atomic E-state index is 0. The molecular weight excluding hydrogens is 1030 g/mol. The van der Waals surface area contributed by atoms with Gasteiger partial charge in [0.25, 0.3) is 11.8 Å². The Morgan fingerprint density at radius 1 is 0.512 bits per heavy atom. The highest BCUT2D eigenvalue weighted by Crippen LogP contribution is 2.36. The van der Waals surface area contributed by atoms with Crippen LogP contribution in [0.15, 0.2) is 85.2 Å². The van der Waals surface area contributed by atoms with Crippen LogP contribution in [0.3, 0.4) is 0 Å². The number of amides is 4. The van der Waals surface area contributed by atoms with Gasteiger partial charge in [0.1, 0.15) is 11.6 Å². The lowest BCUT2D eigenvalue weighted by atomic mass is 9.88. The predicted molar refractivity (Wildman–Crippen MR) is 318 cm³/mol. The van der Waals surface area contributed by atoms with Crippen LogP contribution in [0.25, 0.3) is 0 Å². The summed E-state index contributed by atoms with van der Waals surface area (Å²) in [7, 11) is 0. The second-order valence-electron chi connectivity index (χ2n) is 23.3. The molecule has 4 amide bonds.